The Hall–Kier alpha value is -3.91. The van der Waals surface area contributed by atoms with Crippen molar-refractivity contribution in [3.05, 3.63) is 51.1 Å². The van der Waals surface area contributed by atoms with Crippen molar-refractivity contribution in [2.45, 2.75) is 67.0 Å². The van der Waals surface area contributed by atoms with E-state index in [2.05, 4.69) is 59.6 Å². The van der Waals surface area contributed by atoms with Gasteiger partial charge in [-0.15, -0.1) is 0 Å². The monoisotopic (exact) mass is 686 g/mol. The third-order valence-corrected chi connectivity index (χ3v) is 7.23. The number of allylic oxidation sites excluding steroid dienone is 2. The number of amides is 2. The average Bonchev–Trinajstić information content (AvgIpc) is 3.05. The van der Waals surface area contributed by atoms with Gasteiger partial charge in [-0.1, -0.05) is 39.3 Å². The Morgan fingerprint density at radius 1 is 0.857 bits per heavy atom. The highest BCUT2D eigenvalue weighted by molar-refractivity contribution is 5.87. The van der Waals surface area contributed by atoms with Crippen LogP contribution in [0.25, 0.3) is 17.0 Å². The molecule has 0 aliphatic rings. The summed E-state index contributed by atoms with van der Waals surface area (Å²) in [4.78, 5) is 38.4. The number of carbonyl (C=O) groups excluding carboxylic acids is 2. The van der Waals surface area contributed by atoms with Gasteiger partial charge < -0.3 is 50.5 Å². The van der Waals surface area contributed by atoms with Crippen molar-refractivity contribution in [2.75, 3.05) is 72.7 Å². The summed E-state index contributed by atoms with van der Waals surface area (Å²) in [7, 11) is 1.50. The van der Waals surface area contributed by atoms with Crippen molar-refractivity contribution in [1.82, 2.24) is 31.9 Å². The quantitative estimate of drug-likeness (QED) is 0.0546. The molecular formula is C36H58N6O7. The van der Waals surface area contributed by atoms with Gasteiger partial charge >= 0.3 is 0 Å². The van der Waals surface area contributed by atoms with Crippen LogP contribution in [0.3, 0.4) is 0 Å². The number of ether oxygens (including phenoxy) is 3. The van der Waals surface area contributed by atoms with Crippen LogP contribution in [0, 0.1) is 6.92 Å². The lowest BCUT2D eigenvalue weighted by Gasteiger charge is -2.17. The lowest BCUT2D eigenvalue weighted by molar-refractivity contribution is -0.124. The van der Waals surface area contributed by atoms with E-state index in [1.54, 1.807) is 13.0 Å². The molecule has 6 N–H and O–H groups in total. The highest BCUT2D eigenvalue weighted by Gasteiger charge is 2.21. The molecule has 0 fully saturated rings. The number of fused-ring (bicyclic) bond motifs is 1. The van der Waals surface area contributed by atoms with Gasteiger partial charge in [-0.3, -0.25) is 14.4 Å². The number of hydrogen-bond acceptors (Lipinski definition) is 11. The lowest BCUT2D eigenvalue weighted by atomic mass is 10.0. The molecule has 49 heavy (non-hydrogen) atoms. The lowest BCUT2D eigenvalue weighted by Crippen LogP contribution is -2.37. The molecule has 1 heterocycles. The Labute approximate surface area is 291 Å². The van der Waals surface area contributed by atoms with Crippen LogP contribution in [-0.2, 0) is 20.7 Å². The molecule has 0 aliphatic carbocycles. The summed E-state index contributed by atoms with van der Waals surface area (Å²) in [5, 5.41) is 19.2. The van der Waals surface area contributed by atoms with E-state index >= 15 is 0 Å². The second-order valence-corrected chi connectivity index (χ2v) is 12.5. The fourth-order valence-electron chi connectivity index (χ4n) is 4.69. The van der Waals surface area contributed by atoms with Crippen LogP contribution in [0.2, 0.25) is 0 Å². The maximum absolute atomic E-state index is 13.7. The standard InChI is InChI=1S/C36H58N6O7/c1-24(2)9-10-28-34-30(21-31(36(28)46-8)48-23-33(44)42-19-15-38-13-17-40-26(5)6)49-29(27(7)35(34)45)11-20-47-22-32(43)41-18-14-37-12-16-39-25(3)4/h9,11,20-21,25-26,37-40H,10,12-19,22-23H2,1-8H3,(H,41,43)(H,42,44)/b20-11+. The maximum Gasteiger partial charge on any atom is 0.257 e. The molecular weight excluding hydrogens is 628 g/mol. The topological polar surface area (TPSA) is 164 Å². The molecule has 0 radical (unpaired) electrons. The van der Waals surface area contributed by atoms with Gasteiger partial charge in [-0.25, -0.2) is 0 Å². The zero-order chi connectivity index (χ0) is 36.2. The minimum atomic E-state index is -0.291. The zero-order valence-corrected chi connectivity index (χ0v) is 30.6. The maximum atomic E-state index is 13.7. The molecule has 2 rings (SSSR count). The number of carbonyl (C=O) groups is 2. The second kappa shape index (κ2) is 22.7. The van der Waals surface area contributed by atoms with Crippen LogP contribution in [-0.4, -0.2) is 96.6 Å². The fourth-order valence-corrected chi connectivity index (χ4v) is 4.69. The number of nitrogens with one attached hydrogen (secondary N) is 6. The molecule has 274 valence electrons. The first kappa shape index (κ1) is 41.3. The zero-order valence-electron chi connectivity index (χ0n) is 30.6. The Balaban J connectivity index is 2.11. The van der Waals surface area contributed by atoms with Gasteiger partial charge in [0.05, 0.1) is 18.8 Å². The summed E-state index contributed by atoms with van der Waals surface area (Å²) in [6.07, 6.45) is 5.22. The van der Waals surface area contributed by atoms with Gasteiger partial charge in [0, 0.05) is 87.7 Å². The predicted octanol–water partition coefficient (Wildman–Crippen LogP) is 2.39. The van der Waals surface area contributed by atoms with E-state index in [1.807, 2.05) is 19.9 Å². The Morgan fingerprint density at radius 2 is 1.43 bits per heavy atom. The van der Waals surface area contributed by atoms with Crippen LogP contribution in [0.5, 0.6) is 11.5 Å². The molecule has 2 amide bonds. The van der Waals surface area contributed by atoms with Crippen molar-refractivity contribution in [2.24, 2.45) is 0 Å². The first-order valence-electron chi connectivity index (χ1n) is 17.1. The molecule has 0 saturated heterocycles. The summed E-state index contributed by atoms with van der Waals surface area (Å²) >= 11 is 0. The smallest absolute Gasteiger partial charge is 0.257 e. The average molecular weight is 687 g/mol. The van der Waals surface area contributed by atoms with Crippen molar-refractivity contribution >= 4 is 28.9 Å². The first-order chi connectivity index (χ1) is 23.4. The van der Waals surface area contributed by atoms with Gasteiger partial charge in [-0.2, -0.15) is 0 Å². The van der Waals surface area contributed by atoms with Gasteiger partial charge in [0.2, 0.25) is 0 Å². The number of hydrogen-bond donors (Lipinski definition) is 6. The van der Waals surface area contributed by atoms with Crippen LogP contribution >= 0.6 is 0 Å². The van der Waals surface area contributed by atoms with Gasteiger partial charge in [0.15, 0.2) is 30.1 Å². The third kappa shape index (κ3) is 15.5. The van der Waals surface area contributed by atoms with E-state index < -0.39 is 0 Å². The third-order valence-electron chi connectivity index (χ3n) is 7.23. The van der Waals surface area contributed by atoms with Crippen molar-refractivity contribution in [3.63, 3.8) is 0 Å². The molecule has 0 spiro atoms. The van der Waals surface area contributed by atoms with Crippen molar-refractivity contribution in [3.8, 4) is 11.5 Å². The highest BCUT2D eigenvalue weighted by Crippen LogP contribution is 2.38. The SMILES string of the molecule is COc1c(OCC(=O)NCCNCCNC(C)C)cc2oc(/C=C/OCC(=O)NCCNCCNC(C)C)c(C)c(=O)c2c1CC=C(C)C. The highest BCUT2D eigenvalue weighted by atomic mass is 16.5. The van der Waals surface area contributed by atoms with E-state index in [9.17, 15) is 14.4 Å². The van der Waals surface area contributed by atoms with E-state index in [4.69, 9.17) is 18.6 Å². The molecule has 0 atom stereocenters. The second-order valence-electron chi connectivity index (χ2n) is 12.5. The van der Waals surface area contributed by atoms with E-state index in [-0.39, 0.29) is 47.5 Å². The van der Waals surface area contributed by atoms with Gasteiger partial charge in [0.25, 0.3) is 11.8 Å². The van der Waals surface area contributed by atoms with Crippen molar-refractivity contribution in [1.29, 1.82) is 0 Å². The fraction of sp³-hybridized carbons (Fsp3) is 0.583. The van der Waals surface area contributed by atoms with E-state index in [0.717, 1.165) is 31.8 Å². The molecule has 1 aromatic carbocycles. The van der Waals surface area contributed by atoms with E-state index in [1.165, 1.54) is 19.4 Å². The van der Waals surface area contributed by atoms with Crippen LogP contribution in [0.1, 0.15) is 58.4 Å². The molecule has 0 saturated carbocycles. The number of rotatable bonds is 24. The predicted molar refractivity (Wildman–Crippen MR) is 195 cm³/mol. The molecule has 0 aliphatic heterocycles. The molecule has 2 aromatic rings. The van der Waals surface area contributed by atoms with E-state index in [0.29, 0.717) is 66.9 Å². The molecule has 0 bridgehead atoms. The first-order valence-corrected chi connectivity index (χ1v) is 17.1. The largest absolute Gasteiger partial charge is 0.493 e. The number of methoxy groups -OCH3 is 1. The summed E-state index contributed by atoms with van der Waals surface area (Å²) in [5.74, 6) is 0.362. The van der Waals surface area contributed by atoms with Crippen LogP contribution in [0.4, 0.5) is 0 Å². The molecule has 13 nitrogen and oxygen atoms in total. The summed E-state index contributed by atoms with van der Waals surface area (Å²) in [5.41, 5.74) is 2.08. The Morgan fingerprint density at radius 3 is 1.98 bits per heavy atom. The van der Waals surface area contributed by atoms with Crippen LogP contribution in [0.15, 0.2) is 33.2 Å². The summed E-state index contributed by atoms with van der Waals surface area (Å²) in [6, 6.07) is 2.42. The number of benzene rings is 1. The van der Waals surface area contributed by atoms with Gasteiger partial charge in [-0.05, 0) is 27.2 Å². The van der Waals surface area contributed by atoms with Gasteiger partial charge in [0.1, 0.15) is 11.3 Å². The minimum Gasteiger partial charge on any atom is -0.493 e. The Bertz CT molecular complexity index is 1450. The summed E-state index contributed by atoms with van der Waals surface area (Å²) < 4.78 is 23.3. The Kier molecular flexibility index (Phi) is 19.1. The van der Waals surface area contributed by atoms with Crippen LogP contribution < -0.4 is 46.8 Å². The van der Waals surface area contributed by atoms with Crippen molar-refractivity contribution < 1.29 is 28.2 Å². The summed E-state index contributed by atoms with van der Waals surface area (Å²) in [6.45, 7) is 19.1. The molecule has 1 aromatic heterocycles. The molecule has 0 unspecified atom stereocenters. The minimum absolute atomic E-state index is 0.183. The normalized spacial score (nSPS) is 11.4. The molecule has 13 heteroatoms.